The second-order valence-corrected chi connectivity index (χ2v) is 6.40. The van der Waals surface area contributed by atoms with E-state index in [1.807, 2.05) is 12.1 Å². The molecular weight excluding hydrogens is 330 g/mol. The summed E-state index contributed by atoms with van der Waals surface area (Å²) in [4.78, 5) is 4.28. The monoisotopic (exact) mass is 357 g/mol. The molecule has 1 aromatic carbocycles. The largest absolute Gasteiger partial charge is 0.488 e. The van der Waals surface area contributed by atoms with Crippen LogP contribution in [-0.2, 0) is 17.7 Å². The molecule has 0 bridgehead atoms. The third-order valence-electron chi connectivity index (χ3n) is 4.32. The van der Waals surface area contributed by atoms with Crippen LogP contribution >= 0.6 is 0 Å². The maximum absolute atomic E-state index is 6.15. The molecule has 1 unspecified atom stereocenters. The highest BCUT2D eigenvalue weighted by Gasteiger charge is 2.18. The third kappa shape index (κ3) is 5.26. The SMILES string of the molecule is CN=C(NCCc1ccco1)NCc1ccc(C)cc1OC1CCOC1. The molecule has 0 saturated carbocycles. The number of rotatable bonds is 7. The molecule has 26 heavy (non-hydrogen) atoms. The summed E-state index contributed by atoms with van der Waals surface area (Å²) in [7, 11) is 1.77. The summed E-state index contributed by atoms with van der Waals surface area (Å²) in [6, 6.07) is 10.2. The number of aliphatic imine (C=N–C) groups is 1. The van der Waals surface area contributed by atoms with Gasteiger partial charge in [-0.1, -0.05) is 12.1 Å². The fourth-order valence-electron chi connectivity index (χ4n) is 2.86. The molecule has 1 fully saturated rings. The summed E-state index contributed by atoms with van der Waals surface area (Å²) >= 11 is 0. The lowest BCUT2D eigenvalue weighted by molar-refractivity contribution is 0.140. The van der Waals surface area contributed by atoms with E-state index >= 15 is 0 Å². The molecule has 0 spiro atoms. The van der Waals surface area contributed by atoms with E-state index in [9.17, 15) is 0 Å². The number of hydrogen-bond donors (Lipinski definition) is 2. The molecule has 6 heteroatoms. The van der Waals surface area contributed by atoms with Gasteiger partial charge >= 0.3 is 0 Å². The highest BCUT2D eigenvalue weighted by Crippen LogP contribution is 2.23. The van der Waals surface area contributed by atoms with Crippen molar-refractivity contribution in [2.75, 3.05) is 26.8 Å². The average molecular weight is 357 g/mol. The van der Waals surface area contributed by atoms with E-state index in [1.54, 1.807) is 13.3 Å². The van der Waals surface area contributed by atoms with Crippen LogP contribution < -0.4 is 15.4 Å². The highest BCUT2D eigenvalue weighted by molar-refractivity contribution is 5.79. The smallest absolute Gasteiger partial charge is 0.191 e. The maximum atomic E-state index is 6.15. The minimum absolute atomic E-state index is 0.140. The fourth-order valence-corrected chi connectivity index (χ4v) is 2.86. The molecule has 140 valence electrons. The van der Waals surface area contributed by atoms with E-state index in [2.05, 4.69) is 40.7 Å². The van der Waals surface area contributed by atoms with Crippen LogP contribution in [-0.4, -0.2) is 38.9 Å². The van der Waals surface area contributed by atoms with Gasteiger partial charge in [0.05, 0.1) is 19.5 Å². The summed E-state index contributed by atoms with van der Waals surface area (Å²) in [5.74, 6) is 2.63. The summed E-state index contributed by atoms with van der Waals surface area (Å²) in [5.41, 5.74) is 2.29. The van der Waals surface area contributed by atoms with Gasteiger partial charge < -0.3 is 24.5 Å². The number of furan rings is 1. The Bertz CT molecular complexity index is 707. The Morgan fingerprint density at radius 2 is 2.23 bits per heavy atom. The van der Waals surface area contributed by atoms with Crippen LogP contribution in [0.1, 0.15) is 23.3 Å². The Balaban J connectivity index is 1.53. The van der Waals surface area contributed by atoms with Crippen LogP contribution in [0, 0.1) is 6.92 Å². The Kier molecular flexibility index (Phi) is 6.55. The highest BCUT2D eigenvalue weighted by atomic mass is 16.5. The predicted octanol–water partition coefficient (Wildman–Crippen LogP) is 2.66. The van der Waals surface area contributed by atoms with Gasteiger partial charge in [0.25, 0.3) is 0 Å². The zero-order valence-electron chi connectivity index (χ0n) is 15.5. The van der Waals surface area contributed by atoms with Crippen molar-refractivity contribution in [3.05, 3.63) is 53.5 Å². The van der Waals surface area contributed by atoms with Crippen LogP contribution in [0.4, 0.5) is 0 Å². The Hall–Kier alpha value is -2.47. The van der Waals surface area contributed by atoms with Crippen molar-refractivity contribution in [3.63, 3.8) is 0 Å². The van der Waals surface area contributed by atoms with Crippen molar-refractivity contribution >= 4 is 5.96 Å². The minimum Gasteiger partial charge on any atom is -0.488 e. The summed E-state index contributed by atoms with van der Waals surface area (Å²) in [5, 5.41) is 6.65. The molecule has 1 saturated heterocycles. The molecule has 0 aliphatic carbocycles. The number of guanidine groups is 1. The zero-order chi connectivity index (χ0) is 18.2. The number of nitrogens with zero attached hydrogens (tertiary/aromatic N) is 1. The first-order valence-electron chi connectivity index (χ1n) is 9.05. The molecule has 1 atom stereocenters. The van der Waals surface area contributed by atoms with Crippen molar-refractivity contribution < 1.29 is 13.9 Å². The number of nitrogens with one attached hydrogen (secondary N) is 2. The van der Waals surface area contributed by atoms with Gasteiger partial charge in [0.1, 0.15) is 17.6 Å². The van der Waals surface area contributed by atoms with E-state index in [0.29, 0.717) is 13.2 Å². The van der Waals surface area contributed by atoms with E-state index in [0.717, 1.165) is 49.0 Å². The molecule has 2 heterocycles. The molecule has 3 rings (SSSR count). The van der Waals surface area contributed by atoms with Gasteiger partial charge in [-0.25, -0.2) is 0 Å². The van der Waals surface area contributed by atoms with E-state index in [4.69, 9.17) is 13.9 Å². The predicted molar refractivity (Wildman–Crippen MR) is 102 cm³/mol. The maximum Gasteiger partial charge on any atom is 0.191 e. The number of aryl methyl sites for hydroxylation is 1. The quantitative estimate of drug-likeness (QED) is 0.589. The van der Waals surface area contributed by atoms with Gasteiger partial charge in [0.15, 0.2) is 5.96 Å². The molecule has 6 nitrogen and oxygen atoms in total. The first-order valence-corrected chi connectivity index (χ1v) is 9.05. The molecule has 2 aromatic rings. The van der Waals surface area contributed by atoms with Crippen LogP contribution in [0.2, 0.25) is 0 Å². The van der Waals surface area contributed by atoms with Gasteiger partial charge in [-0.2, -0.15) is 0 Å². The van der Waals surface area contributed by atoms with Gasteiger partial charge in [-0.15, -0.1) is 0 Å². The average Bonchev–Trinajstić information content (AvgIpc) is 3.33. The molecule has 0 radical (unpaired) electrons. The van der Waals surface area contributed by atoms with Gasteiger partial charge in [0.2, 0.25) is 0 Å². The van der Waals surface area contributed by atoms with Crippen molar-refractivity contribution in [1.82, 2.24) is 10.6 Å². The number of hydrogen-bond acceptors (Lipinski definition) is 4. The third-order valence-corrected chi connectivity index (χ3v) is 4.32. The van der Waals surface area contributed by atoms with Crippen molar-refractivity contribution in [2.24, 2.45) is 4.99 Å². The standard InChI is InChI=1S/C20H27N3O3/c1-15-5-6-16(19(12-15)26-18-8-11-24-14-18)13-23-20(21-2)22-9-7-17-4-3-10-25-17/h3-6,10,12,18H,7-9,11,13-14H2,1-2H3,(H2,21,22,23). The zero-order valence-corrected chi connectivity index (χ0v) is 15.5. The topological polar surface area (TPSA) is 68.0 Å². The Morgan fingerprint density at radius 3 is 2.96 bits per heavy atom. The number of ether oxygens (including phenoxy) is 2. The first-order chi connectivity index (χ1) is 12.7. The van der Waals surface area contributed by atoms with Crippen LogP contribution in [0.15, 0.2) is 46.0 Å². The lowest BCUT2D eigenvalue weighted by Crippen LogP contribution is -2.38. The summed E-state index contributed by atoms with van der Waals surface area (Å²) in [6.07, 6.45) is 3.59. The molecular formula is C20H27N3O3. The normalized spacial score (nSPS) is 17.3. The van der Waals surface area contributed by atoms with Crippen LogP contribution in [0.3, 0.4) is 0 Å². The molecule has 1 aliphatic rings. The van der Waals surface area contributed by atoms with Crippen LogP contribution in [0.5, 0.6) is 5.75 Å². The lowest BCUT2D eigenvalue weighted by atomic mass is 10.1. The number of benzene rings is 1. The van der Waals surface area contributed by atoms with E-state index in [1.165, 1.54) is 5.56 Å². The summed E-state index contributed by atoms with van der Waals surface area (Å²) in [6.45, 7) is 4.91. The van der Waals surface area contributed by atoms with Crippen molar-refractivity contribution in [3.8, 4) is 5.75 Å². The first kappa shape index (κ1) is 18.3. The van der Waals surface area contributed by atoms with Crippen LogP contribution in [0.25, 0.3) is 0 Å². The minimum atomic E-state index is 0.140. The second kappa shape index (κ2) is 9.29. The molecule has 1 aliphatic heterocycles. The molecule has 2 N–H and O–H groups in total. The Labute approximate surface area is 154 Å². The van der Waals surface area contributed by atoms with Gasteiger partial charge in [0, 0.05) is 38.5 Å². The van der Waals surface area contributed by atoms with Crippen molar-refractivity contribution in [2.45, 2.75) is 32.4 Å². The lowest BCUT2D eigenvalue weighted by Gasteiger charge is -2.18. The van der Waals surface area contributed by atoms with Gasteiger partial charge in [-0.3, -0.25) is 4.99 Å². The Morgan fingerprint density at radius 1 is 1.31 bits per heavy atom. The molecule has 1 aromatic heterocycles. The molecule has 0 amide bonds. The summed E-state index contributed by atoms with van der Waals surface area (Å²) < 4.78 is 16.9. The van der Waals surface area contributed by atoms with E-state index in [-0.39, 0.29) is 6.10 Å². The second-order valence-electron chi connectivity index (χ2n) is 6.40. The van der Waals surface area contributed by atoms with Gasteiger partial charge in [-0.05, 0) is 30.7 Å². The van der Waals surface area contributed by atoms with Crippen molar-refractivity contribution in [1.29, 1.82) is 0 Å². The van der Waals surface area contributed by atoms with E-state index < -0.39 is 0 Å². The fraction of sp³-hybridized carbons (Fsp3) is 0.450.